The third kappa shape index (κ3) is 4.44. The number of morpholine rings is 1. The Balaban J connectivity index is 1.55. The first-order chi connectivity index (χ1) is 14.0. The van der Waals surface area contributed by atoms with Crippen molar-refractivity contribution in [3.8, 4) is 0 Å². The molecule has 0 saturated carbocycles. The molecule has 1 aromatic carbocycles. The predicted molar refractivity (Wildman–Crippen MR) is 104 cm³/mol. The van der Waals surface area contributed by atoms with Crippen LogP contribution in [0, 0.1) is 5.82 Å². The van der Waals surface area contributed by atoms with Crippen LogP contribution in [-0.2, 0) is 19.1 Å². The highest BCUT2D eigenvalue weighted by Crippen LogP contribution is 2.29. The Morgan fingerprint density at radius 2 is 1.97 bits per heavy atom. The maximum absolute atomic E-state index is 13.6. The number of benzene rings is 1. The monoisotopic (exact) mass is 421 g/mol. The number of nitrogens with zero attached hydrogens (tertiary/aromatic N) is 3. The highest BCUT2D eigenvalue weighted by atomic mass is 32.1. The minimum absolute atomic E-state index is 0.143. The lowest BCUT2D eigenvalue weighted by Crippen LogP contribution is -3.14. The Morgan fingerprint density at radius 3 is 2.69 bits per heavy atom. The molecule has 3 heterocycles. The number of rotatable bonds is 6. The Kier molecular flexibility index (Phi) is 5.84. The average molecular weight is 421 g/mol. The van der Waals surface area contributed by atoms with Gasteiger partial charge in [0.1, 0.15) is 25.5 Å². The van der Waals surface area contributed by atoms with Gasteiger partial charge in [-0.05, 0) is 18.2 Å². The predicted octanol–water partition coefficient (Wildman–Crippen LogP) is -0.167. The molecule has 0 aliphatic carbocycles. The molecule has 2 aliphatic rings. The lowest BCUT2D eigenvalue weighted by atomic mass is 10.3. The molecule has 10 heteroatoms. The van der Waals surface area contributed by atoms with Crippen LogP contribution in [0.2, 0.25) is 0 Å². The molecule has 2 aliphatic heterocycles. The molecular weight excluding hydrogens is 399 g/mol. The number of ether oxygens (including phenoxy) is 1. The first kappa shape index (κ1) is 19.9. The number of imide groups is 1. The van der Waals surface area contributed by atoms with Gasteiger partial charge in [0.2, 0.25) is 17.7 Å². The van der Waals surface area contributed by atoms with Crippen LogP contribution in [0.25, 0.3) is 10.2 Å². The van der Waals surface area contributed by atoms with E-state index in [0.29, 0.717) is 41.7 Å². The fraction of sp³-hybridized carbons (Fsp3) is 0.474. The highest BCUT2D eigenvalue weighted by Gasteiger charge is 2.33. The Hall–Kier alpha value is -2.43. The van der Waals surface area contributed by atoms with Crippen LogP contribution in [0.3, 0.4) is 0 Å². The molecule has 154 valence electrons. The molecule has 1 aromatic heterocycles. The standard InChI is InChI=1S/C19H21FN4O4S/c20-13-1-2-14-15(11-13)29-19(21-14)23(6-5-22-7-9-28-10-8-22)18(27)12-24-16(25)3-4-17(24)26/h1-2,11H,3-10,12H2/p+1. The number of halogens is 1. The molecule has 2 aromatic rings. The number of carbonyl (C=O) groups is 3. The normalized spacial score (nSPS) is 18.0. The van der Waals surface area contributed by atoms with Crippen molar-refractivity contribution in [3.63, 3.8) is 0 Å². The van der Waals surface area contributed by atoms with Crippen molar-refractivity contribution in [3.05, 3.63) is 24.0 Å². The number of amides is 3. The van der Waals surface area contributed by atoms with E-state index in [0.717, 1.165) is 18.0 Å². The van der Waals surface area contributed by atoms with E-state index < -0.39 is 0 Å². The van der Waals surface area contributed by atoms with Gasteiger partial charge in [0.25, 0.3) is 0 Å². The van der Waals surface area contributed by atoms with Crippen molar-refractivity contribution in [2.45, 2.75) is 12.8 Å². The van der Waals surface area contributed by atoms with Crippen LogP contribution >= 0.6 is 11.3 Å². The SMILES string of the molecule is O=C1CCC(=O)N1CC(=O)N(CC[NH+]1CCOCC1)c1nc2ccc(F)cc2s1. The van der Waals surface area contributed by atoms with Crippen LogP contribution in [-0.4, -0.2) is 73.5 Å². The van der Waals surface area contributed by atoms with Crippen molar-refractivity contribution in [2.24, 2.45) is 0 Å². The summed E-state index contributed by atoms with van der Waals surface area (Å²) in [6.45, 7) is 3.88. The summed E-state index contributed by atoms with van der Waals surface area (Å²) in [7, 11) is 0. The molecule has 0 spiro atoms. The molecule has 8 nitrogen and oxygen atoms in total. The van der Waals surface area contributed by atoms with Gasteiger partial charge >= 0.3 is 0 Å². The van der Waals surface area contributed by atoms with Gasteiger partial charge < -0.3 is 9.64 Å². The zero-order chi connectivity index (χ0) is 20.4. The zero-order valence-corrected chi connectivity index (χ0v) is 16.7. The van der Waals surface area contributed by atoms with Crippen LogP contribution in [0.15, 0.2) is 18.2 Å². The summed E-state index contributed by atoms with van der Waals surface area (Å²) in [5.74, 6) is -1.38. The van der Waals surface area contributed by atoms with E-state index in [1.807, 2.05) is 0 Å². The fourth-order valence-electron chi connectivity index (χ4n) is 3.53. The van der Waals surface area contributed by atoms with Gasteiger partial charge in [0, 0.05) is 12.8 Å². The maximum Gasteiger partial charge on any atom is 0.249 e. The quantitative estimate of drug-likeness (QED) is 0.655. The van der Waals surface area contributed by atoms with Crippen LogP contribution in [0.4, 0.5) is 9.52 Å². The molecular formula is C19H22FN4O4S+. The lowest BCUT2D eigenvalue weighted by molar-refractivity contribution is -0.906. The topological polar surface area (TPSA) is 84.2 Å². The molecule has 2 saturated heterocycles. The average Bonchev–Trinajstić information content (AvgIpc) is 3.26. The number of likely N-dealkylation sites (tertiary alicyclic amines) is 1. The van der Waals surface area contributed by atoms with Crippen molar-refractivity contribution in [1.82, 2.24) is 9.88 Å². The van der Waals surface area contributed by atoms with E-state index >= 15 is 0 Å². The number of fused-ring (bicyclic) bond motifs is 1. The molecule has 29 heavy (non-hydrogen) atoms. The van der Waals surface area contributed by atoms with Gasteiger partial charge in [-0.1, -0.05) is 11.3 Å². The van der Waals surface area contributed by atoms with Gasteiger partial charge in [-0.15, -0.1) is 0 Å². The number of hydrogen-bond acceptors (Lipinski definition) is 6. The lowest BCUT2D eigenvalue weighted by Gasteiger charge is -2.27. The fourth-order valence-corrected chi connectivity index (χ4v) is 4.56. The third-order valence-corrected chi connectivity index (χ3v) is 6.25. The van der Waals surface area contributed by atoms with E-state index in [4.69, 9.17) is 4.74 Å². The van der Waals surface area contributed by atoms with Crippen molar-refractivity contribution < 1.29 is 28.4 Å². The van der Waals surface area contributed by atoms with Gasteiger partial charge in [-0.3, -0.25) is 24.2 Å². The highest BCUT2D eigenvalue weighted by molar-refractivity contribution is 7.22. The minimum Gasteiger partial charge on any atom is -0.370 e. The number of quaternary nitrogens is 1. The third-order valence-electron chi connectivity index (χ3n) is 5.21. The number of nitrogens with one attached hydrogen (secondary N) is 1. The Labute approximate surface area is 170 Å². The van der Waals surface area contributed by atoms with Crippen molar-refractivity contribution in [2.75, 3.05) is 50.8 Å². The summed E-state index contributed by atoms with van der Waals surface area (Å²) in [5.41, 5.74) is 0.608. The summed E-state index contributed by atoms with van der Waals surface area (Å²) in [5, 5.41) is 0.447. The van der Waals surface area contributed by atoms with Crippen LogP contribution in [0.5, 0.6) is 0 Å². The first-order valence-corrected chi connectivity index (χ1v) is 10.4. The number of hydrogen-bond donors (Lipinski definition) is 1. The molecule has 0 atom stereocenters. The molecule has 2 fully saturated rings. The first-order valence-electron chi connectivity index (χ1n) is 9.62. The second-order valence-corrected chi connectivity index (χ2v) is 8.15. The summed E-state index contributed by atoms with van der Waals surface area (Å²) >= 11 is 1.23. The summed E-state index contributed by atoms with van der Waals surface area (Å²) < 4.78 is 19.6. The van der Waals surface area contributed by atoms with E-state index in [9.17, 15) is 18.8 Å². The largest absolute Gasteiger partial charge is 0.370 e. The Morgan fingerprint density at radius 1 is 1.24 bits per heavy atom. The van der Waals surface area contributed by atoms with E-state index in [-0.39, 0.29) is 42.9 Å². The smallest absolute Gasteiger partial charge is 0.249 e. The Bertz CT molecular complexity index is 927. The second-order valence-electron chi connectivity index (χ2n) is 7.14. The van der Waals surface area contributed by atoms with E-state index in [1.54, 1.807) is 6.07 Å². The molecule has 0 radical (unpaired) electrons. The van der Waals surface area contributed by atoms with Gasteiger partial charge in [-0.25, -0.2) is 9.37 Å². The maximum atomic E-state index is 13.6. The van der Waals surface area contributed by atoms with Gasteiger partial charge in [-0.2, -0.15) is 0 Å². The number of carbonyl (C=O) groups excluding carboxylic acids is 3. The summed E-state index contributed by atoms with van der Waals surface area (Å²) in [6, 6.07) is 4.30. The molecule has 3 amide bonds. The summed E-state index contributed by atoms with van der Waals surface area (Å²) in [6.07, 6.45) is 0.287. The molecule has 1 N–H and O–H groups in total. The molecule has 0 bridgehead atoms. The van der Waals surface area contributed by atoms with Crippen molar-refractivity contribution in [1.29, 1.82) is 0 Å². The zero-order valence-electron chi connectivity index (χ0n) is 15.9. The number of thiazole rings is 1. The number of anilines is 1. The van der Waals surface area contributed by atoms with E-state index in [2.05, 4.69) is 4.98 Å². The minimum atomic E-state index is -0.364. The molecule has 0 unspecified atom stereocenters. The van der Waals surface area contributed by atoms with Crippen LogP contribution in [0.1, 0.15) is 12.8 Å². The second kappa shape index (κ2) is 8.52. The van der Waals surface area contributed by atoms with Gasteiger partial charge in [0.15, 0.2) is 5.13 Å². The van der Waals surface area contributed by atoms with Gasteiger partial charge in [0.05, 0.1) is 36.5 Å². The van der Waals surface area contributed by atoms with Crippen molar-refractivity contribution >= 4 is 44.4 Å². The van der Waals surface area contributed by atoms with E-state index in [1.165, 1.54) is 33.3 Å². The van der Waals surface area contributed by atoms with Crippen LogP contribution < -0.4 is 9.80 Å². The molecule has 4 rings (SSSR count). The summed E-state index contributed by atoms with van der Waals surface area (Å²) in [4.78, 5) is 45.2. The number of aromatic nitrogens is 1.